The lowest BCUT2D eigenvalue weighted by Gasteiger charge is -2.08. The Morgan fingerprint density at radius 1 is 1.05 bits per heavy atom. The van der Waals surface area contributed by atoms with Gasteiger partial charge in [-0.1, -0.05) is 35.9 Å². The lowest BCUT2D eigenvalue weighted by atomic mass is 10.0. The molecular formula is C16H13ClO2. The molecular weight excluding hydrogens is 260 g/mol. The molecule has 2 nitrogen and oxygen atoms in total. The summed E-state index contributed by atoms with van der Waals surface area (Å²) < 4.78 is 5.23. The molecule has 2 aromatic carbocycles. The number of ether oxygens (including phenoxy) is 1. The Labute approximate surface area is 117 Å². The molecule has 1 aliphatic carbocycles. The average molecular weight is 273 g/mol. The van der Waals surface area contributed by atoms with Gasteiger partial charge in [0.1, 0.15) is 5.75 Å². The van der Waals surface area contributed by atoms with Gasteiger partial charge in [-0.05, 0) is 35.2 Å². The van der Waals surface area contributed by atoms with Gasteiger partial charge in [0.05, 0.1) is 12.1 Å². The van der Waals surface area contributed by atoms with Crippen LogP contribution in [0.25, 0.3) is 11.1 Å². The van der Waals surface area contributed by atoms with Gasteiger partial charge in [-0.3, -0.25) is 4.79 Å². The first-order valence-corrected chi connectivity index (χ1v) is 6.57. The van der Waals surface area contributed by atoms with Crippen molar-refractivity contribution in [2.24, 2.45) is 0 Å². The van der Waals surface area contributed by atoms with Crippen molar-refractivity contribution in [3.63, 3.8) is 0 Å². The first kappa shape index (κ1) is 12.2. The summed E-state index contributed by atoms with van der Waals surface area (Å²) in [6.45, 7) is 0. The summed E-state index contributed by atoms with van der Waals surface area (Å²) in [6, 6.07) is 11.7. The second-order valence-corrected chi connectivity index (χ2v) is 5.05. The number of hydrogen-bond donors (Lipinski definition) is 0. The highest BCUT2D eigenvalue weighted by molar-refractivity contribution is 6.32. The lowest BCUT2D eigenvalue weighted by molar-refractivity contribution is 0.0994. The molecule has 0 N–H and O–H groups in total. The molecule has 0 spiro atoms. The van der Waals surface area contributed by atoms with Crippen molar-refractivity contribution >= 4 is 17.4 Å². The highest BCUT2D eigenvalue weighted by atomic mass is 35.5. The number of ketones is 1. The molecule has 0 atom stereocenters. The predicted molar refractivity (Wildman–Crippen MR) is 76.1 cm³/mol. The zero-order valence-corrected chi connectivity index (χ0v) is 11.3. The van der Waals surface area contributed by atoms with E-state index in [0.717, 1.165) is 28.7 Å². The third-order valence-electron chi connectivity index (χ3n) is 3.51. The molecule has 0 amide bonds. The van der Waals surface area contributed by atoms with E-state index < -0.39 is 0 Å². The predicted octanol–water partition coefficient (Wildman–Crippen LogP) is 4.14. The van der Waals surface area contributed by atoms with Crippen LogP contribution in [0.3, 0.4) is 0 Å². The van der Waals surface area contributed by atoms with E-state index >= 15 is 0 Å². The molecule has 0 saturated heterocycles. The summed E-state index contributed by atoms with van der Waals surface area (Å²) in [5.74, 6) is 0.908. The van der Waals surface area contributed by atoms with Crippen LogP contribution in [-0.4, -0.2) is 12.9 Å². The largest absolute Gasteiger partial charge is 0.495 e. The molecule has 0 aliphatic heterocycles. The molecule has 3 rings (SSSR count). The molecule has 19 heavy (non-hydrogen) atoms. The third kappa shape index (κ3) is 2.13. The van der Waals surface area contributed by atoms with Crippen LogP contribution in [-0.2, 0) is 6.42 Å². The lowest BCUT2D eigenvalue weighted by Crippen LogP contribution is -1.91. The summed E-state index contributed by atoms with van der Waals surface area (Å²) in [4.78, 5) is 11.6. The van der Waals surface area contributed by atoms with Gasteiger partial charge >= 0.3 is 0 Å². The van der Waals surface area contributed by atoms with Crippen molar-refractivity contribution in [3.05, 3.63) is 52.5 Å². The highest BCUT2D eigenvalue weighted by Gasteiger charge is 2.19. The van der Waals surface area contributed by atoms with E-state index in [4.69, 9.17) is 16.3 Å². The molecule has 96 valence electrons. The van der Waals surface area contributed by atoms with Gasteiger partial charge in [0.15, 0.2) is 5.78 Å². The van der Waals surface area contributed by atoms with E-state index in [0.29, 0.717) is 17.2 Å². The smallest absolute Gasteiger partial charge is 0.163 e. The minimum absolute atomic E-state index is 0.246. The molecule has 1 aliphatic rings. The number of rotatable bonds is 2. The van der Waals surface area contributed by atoms with Crippen LogP contribution in [0.5, 0.6) is 5.75 Å². The van der Waals surface area contributed by atoms with E-state index in [9.17, 15) is 4.79 Å². The number of Topliss-reactive ketones (excluding diaryl/α,β-unsaturated/α-hetero) is 1. The number of methoxy groups -OCH3 is 1. The summed E-state index contributed by atoms with van der Waals surface area (Å²) in [5, 5.41) is 0.600. The van der Waals surface area contributed by atoms with Crippen LogP contribution in [0, 0.1) is 0 Å². The van der Waals surface area contributed by atoms with Gasteiger partial charge in [0, 0.05) is 12.0 Å². The van der Waals surface area contributed by atoms with Crippen molar-refractivity contribution in [1.29, 1.82) is 0 Å². The van der Waals surface area contributed by atoms with E-state index in [1.807, 2.05) is 30.3 Å². The maximum Gasteiger partial charge on any atom is 0.163 e. The molecule has 0 heterocycles. The number of aryl methyl sites for hydroxylation is 1. The number of hydrogen-bond acceptors (Lipinski definition) is 2. The Morgan fingerprint density at radius 3 is 2.58 bits per heavy atom. The van der Waals surface area contributed by atoms with Crippen molar-refractivity contribution < 1.29 is 9.53 Å². The topological polar surface area (TPSA) is 26.3 Å². The van der Waals surface area contributed by atoms with Crippen LogP contribution in [0.15, 0.2) is 36.4 Å². The van der Waals surface area contributed by atoms with Gasteiger partial charge in [-0.25, -0.2) is 0 Å². The number of fused-ring (bicyclic) bond motifs is 1. The van der Waals surface area contributed by atoms with Gasteiger partial charge in [-0.15, -0.1) is 0 Å². The second-order valence-electron chi connectivity index (χ2n) is 4.64. The normalized spacial score (nSPS) is 13.5. The summed E-state index contributed by atoms with van der Waals surface area (Å²) in [5.41, 5.74) is 4.13. The Balaban J connectivity index is 2.06. The number of carbonyl (C=O) groups is 1. The Morgan fingerprint density at radius 2 is 1.79 bits per heavy atom. The molecule has 0 aromatic heterocycles. The van der Waals surface area contributed by atoms with Gasteiger partial charge in [0.2, 0.25) is 0 Å². The van der Waals surface area contributed by atoms with Crippen LogP contribution in [0.1, 0.15) is 22.3 Å². The van der Waals surface area contributed by atoms with Crippen LogP contribution >= 0.6 is 11.6 Å². The fourth-order valence-corrected chi connectivity index (χ4v) is 2.67. The third-order valence-corrected chi connectivity index (χ3v) is 3.82. The first-order valence-electron chi connectivity index (χ1n) is 6.19. The average Bonchev–Trinajstić information content (AvgIpc) is 2.80. The van der Waals surface area contributed by atoms with E-state index in [2.05, 4.69) is 6.07 Å². The SMILES string of the molecule is COc1cc(-c2ccc3c(c2)CCC3=O)ccc1Cl. The van der Waals surface area contributed by atoms with Gasteiger partial charge in [0.25, 0.3) is 0 Å². The van der Waals surface area contributed by atoms with E-state index in [-0.39, 0.29) is 5.78 Å². The Bertz CT molecular complexity index is 662. The maximum absolute atomic E-state index is 11.6. The molecule has 0 fully saturated rings. The van der Waals surface area contributed by atoms with Crippen LogP contribution < -0.4 is 4.74 Å². The summed E-state index contributed by atoms with van der Waals surface area (Å²) in [7, 11) is 1.60. The highest BCUT2D eigenvalue weighted by Crippen LogP contribution is 2.32. The molecule has 0 unspecified atom stereocenters. The molecule has 0 radical (unpaired) electrons. The monoisotopic (exact) mass is 272 g/mol. The van der Waals surface area contributed by atoms with Gasteiger partial charge in [-0.2, -0.15) is 0 Å². The van der Waals surface area contributed by atoms with Crippen LogP contribution in [0.4, 0.5) is 0 Å². The standard InChI is InChI=1S/C16H13ClO2/c1-19-16-9-11(3-6-14(16)17)10-2-5-13-12(8-10)4-7-15(13)18/h2-3,5-6,8-9H,4,7H2,1H3. The van der Waals surface area contributed by atoms with Crippen molar-refractivity contribution in [2.75, 3.05) is 7.11 Å². The zero-order chi connectivity index (χ0) is 13.4. The van der Waals surface area contributed by atoms with E-state index in [1.165, 1.54) is 0 Å². The van der Waals surface area contributed by atoms with E-state index in [1.54, 1.807) is 7.11 Å². The molecule has 3 heteroatoms. The van der Waals surface area contributed by atoms with Crippen LogP contribution in [0.2, 0.25) is 5.02 Å². The molecule has 0 saturated carbocycles. The quantitative estimate of drug-likeness (QED) is 0.821. The zero-order valence-electron chi connectivity index (χ0n) is 10.6. The Kier molecular flexibility index (Phi) is 3.03. The summed E-state index contributed by atoms with van der Waals surface area (Å²) >= 11 is 6.03. The van der Waals surface area contributed by atoms with Crippen molar-refractivity contribution in [2.45, 2.75) is 12.8 Å². The molecule has 2 aromatic rings. The van der Waals surface area contributed by atoms with Crippen molar-refractivity contribution in [1.82, 2.24) is 0 Å². The fraction of sp³-hybridized carbons (Fsp3) is 0.188. The Hall–Kier alpha value is -1.80. The minimum atomic E-state index is 0.246. The summed E-state index contributed by atoms with van der Waals surface area (Å²) in [6.07, 6.45) is 1.47. The fourth-order valence-electron chi connectivity index (χ4n) is 2.47. The minimum Gasteiger partial charge on any atom is -0.495 e. The number of halogens is 1. The number of carbonyl (C=O) groups excluding carboxylic acids is 1. The maximum atomic E-state index is 11.6. The molecule has 0 bridgehead atoms. The van der Waals surface area contributed by atoms with Crippen molar-refractivity contribution in [3.8, 4) is 16.9 Å². The van der Waals surface area contributed by atoms with Gasteiger partial charge < -0.3 is 4.74 Å². The number of benzene rings is 2. The first-order chi connectivity index (χ1) is 9.19. The second kappa shape index (κ2) is 4.71.